The first-order valence-corrected chi connectivity index (χ1v) is 4.52. The molecule has 0 unspecified atom stereocenters. The molecule has 1 rings (SSSR count). The fourth-order valence-electron chi connectivity index (χ4n) is 0.801. The van der Waals surface area contributed by atoms with Gasteiger partial charge in [-0.1, -0.05) is 34.8 Å². The Morgan fingerprint density at radius 3 is 2.14 bits per heavy atom. The Hall–Kier alpha value is -0.380. The van der Waals surface area contributed by atoms with Crippen molar-refractivity contribution in [3.8, 4) is 0 Å². The maximum atomic E-state index is 12.7. The Labute approximate surface area is 93.6 Å². The average Bonchev–Trinajstić information content (AvgIpc) is 2.07. The molecule has 0 spiro atoms. The molecule has 0 aliphatic rings. The highest BCUT2D eigenvalue weighted by Crippen LogP contribution is 2.30. The van der Waals surface area contributed by atoms with Crippen molar-refractivity contribution in [1.82, 2.24) is 0 Å². The molecule has 0 saturated heterocycles. The van der Waals surface area contributed by atoms with Crippen molar-refractivity contribution in [3.05, 3.63) is 35.4 Å². The molecule has 6 heteroatoms. The highest BCUT2D eigenvalue weighted by molar-refractivity contribution is 6.77. The summed E-state index contributed by atoms with van der Waals surface area (Å²) in [6, 6.07) is 2.52. The van der Waals surface area contributed by atoms with E-state index in [1.54, 1.807) is 0 Å². The molecule has 0 heterocycles. The van der Waals surface area contributed by atoms with E-state index in [9.17, 15) is 13.6 Å². The molecule has 0 aromatic heterocycles. The van der Waals surface area contributed by atoms with Gasteiger partial charge in [0.15, 0.2) is 11.6 Å². The van der Waals surface area contributed by atoms with Crippen LogP contribution in [-0.2, 0) is 0 Å². The summed E-state index contributed by atoms with van der Waals surface area (Å²) in [7, 11) is 0. The number of alkyl halides is 3. The molecular formula is C8H3Cl3F2O. The zero-order valence-electron chi connectivity index (χ0n) is 6.53. The van der Waals surface area contributed by atoms with Crippen molar-refractivity contribution in [1.29, 1.82) is 0 Å². The molecule has 14 heavy (non-hydrogen) atoms. The predicted octanol–water partition coefficient (Wildman–Crippen LogP) is 3.52. The molecule has 1 nitrogen and oxygen atoms in total. The van der Waals surface area contributed by atoms with E-state index in [4.69, 9.17) is 34.8 Å². The monoisotopic (exact) mass is 258 g/mol. The second-order valence-corrected chi connectivity index (χ2v) is 4.74. The van der Waals surface area contributed by atoms with Crippen LogP contribution in [0.25, 0.3) is 0 Å². The van der Waals surface area contributed by atoms with E-state index in [-0.39, 0.29) is 5.56 Å². The highest BCUT2D eigenvalue weighted by Gasteiger charge is 2.31. The molecule has 1 aromatic carbocycles. The predicted molar refractivity (Wildman–Crippen MR) is 51.0 cm³/mol. The zero-order valence-corrected chi connectivity index (χ0v) is 8.80. The van der Waals surface area contributed by atoms with Crippen molar-refractivity contribution >= 4 is 40.6 Å². The lowest BCUT2D eigenvalue weighted by molar-refractivity contribution is 0.0996. The van der Waals surface area contributed by atoms with Crippen molar-refractivity contribution in [2.75, 3.05) is 0 Å². The first-order valence-electron chi connectivity index (χ1n) is 3.39. The Balaban J connectivity index is 3.10. The van der Waals surface area contributed by atoms with Crippen molar-refractivity contribution in [2.24, 2.45) is 0 Å². The van der Waals surface area contributed by atoms with Crippen molar-refractivity contribution < 1.29 is 13.6 Å². The van der Waals surface area contributed by atoms with Gasteiger partial charge in [0.2, 0.25) is 5.78 Å². The molecule has 76 valence electrons. The number of carbonyl (C=O) groups is 1. The van der Waals surface area contributed by atoms with E-state index in [1.807, 2.05) is 0 Å². The summed E-state index contributed by atoms with van der Waals surface area (Å²) in [6.07, 6.45) is 0. The number of halogens is 5. The molecular weight excluding hydrogens is 256 g/mol. The molecule has 0 radical (unpaired) electrons. The zero-order chi connectivity index (χ0) is 10.9. The third-order valence-electron chi connectivity index (χ3n) is 1.44. The standard InChI is InChI=1S/C8H3Cl3F2O/c9-8(10,11)7(14)4-1-2-5(12)6(13)3-4/h1-3H. The second-order valence-electron chi connectivity index (χ2n) is 2.46. The molecule has 0 fully saturated rings. The lowest BCUT2D eigenvalue weighted by Gasteiger charge is -2.08. The van der Waals surface area contributed by atoms with Crippen molar-refractivity contribution in [2.45, 2.75) is 3.79 Å². The normalized spacial score (nSPS) is 11.5. The summed E-state index contributed by atoms with van der Waals surface area (Å²) in [6.45, 7) is 0. The first-order chi connectivity index (χ1) is 6.32. The maximum absolute atomic E-state index is 12.7. The quantitative estimate of drug-likeness (QED) is 0.557. The number of carbonyl (C=O) groups excluding carboxylic acids is 1. The summed E-state index contributed by atoms with van der Waals surface area (Å²) >= 11 is 15.8. The van der Waals surface area contributed by atoms with Gasteiger partial charge in [0.05, 0.1) is 0 Å². The van der Waals surface area contributed by atoms with Gasteiger partial charge in [-0.3, -0.25) is 4.79 Å². The Morgan fingerprint density at radius 2 is 1.71 bits per heavy atom. The van der Waals surface area contributed by atoms with Crippen molar-refractivity contribution in [3.63, 3.8) is 0 Å². The molecule has 1 aromatic rings. The van der Waals surface area contributed by atoms with E-state index in [2.05, 4.69) is 0 Å². The van der Waals surface area contributed by atoms with Crippen LogP contribution in [0.4, 0.5) is 8.78 Å². The summed E-state index contributed by atoms with van der Waals surface area (Å²) in [5.74, 6) is -3.13. The van der Waals surface area contributed by atoms with Crippen LogP contribution in [0.1, 0.15) is 10.4 Å². The number of ketones is 1. The van der Waals surface area contributed by atoms with Gasteiger partial charge in [-0.25, -0.2) is 8.78 Å². The third kappa shape index (κ3) is 2.56. The highest BCUT2D eigenvalue weighted by atomic mass is 35.6. The number of rotatable bonds is 1. The molecule has 0 bridgehead atoms. The minimum absolute atomic E-state index is 0.191. The summed E-state index contributed by atoms with van der Waals surface area (Å²) in [5.41, 5.74) is -0.191. The van der Waals surface area contributed by atoms with E-state index < -0.39 is 21.2 Å². The summed E-state index contributed by atoms with van der Waals surface area (Å²) in [4.78, 5) is 11.2. The van der Waals surface area contributed by atoms with Crippen LogP contribution in [0, 0.1) is 11.6 Å². The van der Waals surface area contributed by atoms with Crippen LogP contribution in [0.15, 0.2) is 18.2 Å². The molecule has 0 atom stereocenters. The topological polar surface area (TPSA) is 17.1 Å². The number of Topliss-reactive ketones (excluding diaryl/α,β-unsaturated/α-hetero) is 1. The van der Waals surface area contributed by atoms with Gasteiger partial charge in [0.1, 0.15) is 0 Å². The minimum Gasteiger partial charge on any atom is -0.289 e. The average molecular weight is 259 g/mol. The van der Waals surface area contributed by atoms with E-state index >= 15 is 0 Å². The van der Waals surface area contributed by atoms with Gasteiger partial charge >= 0.3 is 0 Å². The fraction of sp³-hybridized carbons (Fsp3) is 0.125. The second kappa shape index (κ2) is 4.01. The van der Waals surface area contributed by atoms with Crippen LogP contribution >= 0.6 is 34.8 Å². The van der Waals surface area contributed by atoms with Crippen LogP contribution < -0.4 is 0 Å². The van der Waals surface area contributed by atoms with Gasteiger partial charge in [0.25, 0.3) is 3.79 Å². The molecule has 0 N–H and O–H groups in total. The molecule has 0 aliphatic heterocycles. The van der Waals surface area contributed by atoms with Gasteiger partial charge in [-0.2, -0.15) is 0 Å². The first kappa shape index (κ1) is 11.7. The van der Waals surface area contributed by atoms with Gasteiger partial charge in [-0.15, -0.1) is 0 Å². The smallest absolute Gasteiger partial charge is 0.253 e. The van der Waals surface area contributed by atoms with Crippen LogP contribution in [0.3, 0.4) is 0 Å². The lowest BCUT2D eigenvalue weighted by Crippen LogP contribution is -2.19. The SMILES string of the molecule is O=C(c1ccc(F)c(F)c1)C(Cl)(Cl)Cl. The van der Waals surface area contributed by atoms with Gasteiger partial charge in [0, 0.05) is 5.56 Å². The fourth-order valence-corrected chi connectivity index (χ4v) is 1.13. The molecule has 0 saturated carbocycles. The Morgan fingerprint density at radius 1 is 1.14 bits per heavy atom. The van der Waals surface area contributed by atoms with E-state index in [0.717, 1.165) is 12.1 Å². The number of hydrogen-bond donors (Lipinski definition) is 0. The number of benzene rings is 1. The Bertz CT molecular complexity index is 373. The van der Waals surface area contributed by atoms with Crippen LogP contribution in [-0.4, -0.2) is 9.58 Å². The largest absolute Gasteiger partial charge is 0.289 e. The summed E-state index contributed by atoms with van der Waals surface area (Å²) < 4.78 is 23.0. The van der Waals surface area contributed by atoms with Gasteiger partial charge < -0.3 is 0 Å². The minimum atomic E-state index is -2.16. The lowest BCUT2D eigenvalue weighted by atomic mass is 10.1. The maximum Gasteiger partial charge on any atom is 0.253 e. The Kier molecular flexibility index (Phi) is 3.35. The van der Waals surface area contributed by atoms with Crippen LogP contribution in [0.5, 0.6) is 0 Å². The van der Waals surface area contributed by atoms with E-state index in [1.165, 1.54) is 0 Å². The molecule has 0 aliphatic carbocycles. The molecule has 0 amide bonds. The van der Waals surface area contributed by atoms with Crippen LogP contribution in [0.2, 0.25) is 0 Å². The number of hydrogen-bond acceptors (Lipinski definition) is 1. The third-order valence-corrected chi connectivity index (χ3v) is 1.95. The van der Waals surface area contributed by atoms with Gasteiger partial charge in [-0.05, 0) is 18.2 Å². The summed E-state index contributed by atoms with van der Waals surface area (Å²) in [5, 5.41) is 0. The van der Waals surface area contributed by atoms with E-state index in [0.29, 0.717) is 6.07 Å².